The van der Waals surface area contributed by atoms with E-state index in [4.69, 9.17) is 0 Å². The Morgan fingerprint density at radius 3 is 2.79 bits per heavy atom. The Morgan fingerprint density at radius 2 is 2.16 bits per heavy atom. The van der Waals surface area contributed by atoms with E-state index in [2.05, 4.69) is 25.5 Å². The van der Waals surface area contributed by atoms with Crippen molar-refractivity contribution in [3.63, 3.8) is 0 Å². The molecule has 1 aliphatic rings. The van der Waals surface area contributed by atoms with Crippen molar-refractivity contribution in [3.05, 3.63) is 18.0 Å². The zero-order chi connectivity index (χ0) is 13.7. The number of carbonyl (C=O) groups is 1. The minimum absolute atomic E-state index is 0.0411. The maximum atomic E-state index is 11.7. The van der Waals surface area contributed by atoms with Gasteiger partial charge in [-0.1, -0.05) is 0 Å². The first-order valence-corrected chi connectivity index (χ1v) is 6.66. The molecule has 1 aliphatic heterocycles. The lowest BCUT2D eigenvalue weighted by molar-refractivity contribution is -0.124. The normalized spacial score (nSPS) is 19.3. The fourth-order valence-corrected chi connectivity index (χ4v) is 2.38. The summed E-state index contributed by atoms with van der Waals surface area (Å²) < 4.78 is 0. The summed E-state index contributed by atoms with van der Waals surface area (Å²) in [6.07, 6.45) is 5.61. The van der Waals surface area contributed by atoms with Gasteiger partial charge in [0.2, 0.25) is 11.9 Å². The minimum Gasteiger partial charge on any atom is -0.359 e. The van der Waals surface area contributed by atoms with Crippen molar-refractivity contribution in [1.82, 2.24) is 20.6 Å². The predicted molar refractivity (Wildman–Crippen MR) is 73.8 cm³/mol. The van der Waals surface area contributed by atoms with Crippen molar-refractivity contribution in [2.75, 3.05) is 32.1 Å². The van der Waals surface area contributed by atoms with Gasteiger partial charge in [0.1, 0.15) is 0 Å². The number of hydrogen-bond acceptors (Lipinski definition) is 5. The highest BCUT2D eigenvalue weighted by molar-refractivity contribution is 5.79. The largest absolute Gasteiger partial charge is 0.359 e. The summed E-state index contributed by atoms with van der Waals surface area (Å²) in [5.74, 6) is 0.865. The van der Waals surface area contributed by atoms with Crippen LogP contribution in [0.3, 0.4) is 0 Å². The van der Waals surface area contributed by atoms with E-state index in [1.54, 1.807) is 7.05 Å². The van der Waals surface area contributed by atoms with Gasteiger partial charge in [0, 0.05) is 44.6 Å². The lowest BCUT2D eigenvalue weighted by Crippen LogP contribution is -2.42. The van der Waals surface area contributed by atoms with E-state index in [0.717, 1.165) is 31.5 Å². The van der Waals surface area contributed by atoms with Crippen LogP contribution in [0.1, 0.15) is 18.4 Å². The second kappa shape index (κ2) is 6.47. The first-order valence-electron chi connectivity index (χ1n) is 6.66. The Bertz CT molecular complexity index is 420. The molecular formula is C13H21N5O. The molecule has 0 saturated carbocycles. The molecule has 2 heterocycles. The molecule has 1 atom stereocenters. The van der Waals surface area contributed by atoms with E-state index >= 15 is 0 Å². The van der Waals surface area contributed by atoms with Gasteiger partial charge in [0.25, 0.3) is 0 Å². The number of hydrogen-bond donors (Lipinski definition) is 2. The van der Waals surface area contributed by atoms with Gasteiger partial charge >= 0.3 is 0 Å². The summed E-state index contributed by atoms with van der Waals surface area (Å²) in [5.41, 5.74) is 1.06. The van der Waals surface area contributed by atoms with Crippen molar-refractivity contribution in [3.8, 4) is 0 Å². The number of piperidine rings is 1. The maximum Gasteiger partial charge on any atom is 0.225 e. The average Bonchev–Trinajstić information content (AvgIpc) is 2.48. The van der Waals surface area contributed by atoms with E-state index in [-0.39, 0.29) is 11.8 Å². The molecule has 0 bridgehead atoms. The Hall–Kier alpha value is -1.69. The number of aromatic nitrogens is 2. The monoisotopic (exact) mass is 263 g/mol. The van der Waals surface area contributed by atoms with Gasteiger partial charge < -0.3 is 15.5 Å². The van der Waals surface area contributed by atoms with Crippen LogP contribution in [0.25, 0.3) is 0 Å². The molecule has 0 aromatic carbocycles. The standard InChI is InChI=1S/C13H21N5O/c1-14-6-10-7-16-13(17-8-10)18-5-3-4-11(9-18)12(19)15-2/h7-8,11,14H,3-6,9H2,1-2H3,(H,15,19). The number of carbonyl (C=O) groups excluding carboxylic acids is 1. The zero-order valence-corrected chi connectivity index (χ0v) is 11.5. The van der Waals surface area contributed by atoms with Crippen molar-refractivity contribution < 1.29 is 4.79 Å². The summed E-state index contributed by atoms with van der Waals surface area (Å²) in [7, 11) is 3.58. The molecule has 1 fully saturated rings. The van der Waals surface area contributed by atoms with Gasteiger partial charge in [0.15, 0.2) is 0 Å². The average molecular weight is 263 g/mol. The molecule has 0 aliphatic carbocycles. The fraction of sp³-hybridized carbons (Fsp3) is 0.615. The minimum atomic E-state index is 0.0411. The van der Waals surface area contributed by atoms with E-state index in [1.807, 2.05) is 19.4 Å². The lowest BCUT2D eigenvalue weighted by atomic mass is 9.97. The molecule has 6 nitrogen and oxygen atoms in total. The van der Waals surface area contributed by atoms with Crippen molar-refractivity contribution in [2.24, 2.45) is 5.92 Å². The molecule has 1 unspecified atom stereocenters. The highest BCUT2D eigenvalue weighted by atomic mass is 16.1. The van der Waals surface area contributed by atoms with Crippen LogP contribution in [0.5, 0.6) is 0 Å². The summed E-state index contributed by atoms with van der Waals surface area (Å²) in [4.78, 5) is 22.6. The number of anilines is 1. The van der Waals surface area contributed by atoms with Crippen LogP contribution in [0.15, 0.2) is 12.4 Å². The van der Waals surface area contributed by atoms with Gasteiger partial charge in [0.05, 0.1) is 5.92 Å². The molecule has 1 aromatic heterocycles. The Morgan fingerprint density at radius 1 is 1.42 bits per heavy atom. The molecule has 6 heteroatoms. The molecule has 2 rings (SSSR count). The van der Waals surface area contributed by atoms with Crippen LogP contribution in [0.4, 0.5) is 5.95 Å². The van der Waals surface area contributed by atoms with Crippen molar-refractivity contribution >= 4 is 11.9 Å². The molecule has 1 aromatic rings. The lowest BCUT2D eigenvalue weighted by Gasteiger charge is -2.31. The number of rotatable bonds is 4. The van der Waals surface area contributed by atoms with Gasteiger partial charge in [-0.3, -0.25) is 4.79 Å². The summed E-state index contributed by atoms with van der Waals surface area (Å²) >= 11 is 0. The topological polar surface area (TPSA) is 70.2 Å². The second-order valence-electron chi connectivity index (χ2n) is 4.82. The SMILES string of the molecule is CNCc1cnc(N2CCCC(C(=O)NC)C2)nc1. The van der Waals surface area contributed by atoms with E-state index in [0.29, 0.717) is 12.5 Å². The fourth-order valence-electron chi connectivity index (χ4n) is 2.38. The summed E-state index contributed by atoms with van der Waals surface area (Å²) in [5, 5.41) is 5.78. The number of nitrogens with zero attached hydrogens (tertiary/aromatic N) is 3. The molecule has 19 heavy (non-hydrogen) atoms. The van der Waals surface area contributed by atoms with Crippen LogP contribution < -0.4 is 15.5 Å². The predicted octanol–water partition coefficient (Wildman–Crippen LogP) is 0.158. The number of nitrogens with one attached hydrogen (secondary N) is 2. The van der Waals surface area contributed by atoms with Crippen molar-refractivity contribution in [2.45, 2.75) is 19.4 Å². The highest BCUT2D eigenvalue weighted by Crippen LogP contribution is 2.20. The molecule has 104 valence electrons. The highest BCUT2D eigenvalue weighted by Gasteiger charge is 2.26. The van der Waals surface area contributed by atoms with Gasteiger partial charge in [-0.05, 0) is 19.9 Å². The second-order valence-corrected chi connectivity index (χ2v) is 4.82. The van der Waals surface area contributed by atoms with Crippen LogP contribution >= 0.6 is 0 Å². The smallest absolute Gasteiger partial charge is 0.225 e. The first-order chi connectivity index (χ1) is 9.24. The van der Waals surface area contributed by atoms with Crippen LogP contribution in [-0.4, -0.2) is 43.1 Å². The van der Waals surface area contributed by atoms with Gasteiger partial charge in [-0.15, -0.1) is 0 Å². The molecular weight excluding hydrogens is 242 g/mol. The van der Waals surface area contributed by atoms with Crippen LogP contribution in [-0.2, 0) is 11.3 Å². The third kappa shape index (κ3) is 3.41. The molecule has 2 N–H and O–H groups in total. The Labute approximate surface area is 113 Å². The quantitative estimate of drug-likeness (QED) is 0.809. The van der Waals surface area contributed by atoms with Crippen LogP contribution in [0.2, 0.25) is 0 Å². The Kier molecular flexibility index (Phi) is 4.68. The van der Waals surface area contributed by atoms with E-state index < -0.39 is 0 Å². The van der Waals surface area contributed by atoms with E-state index in [1.165, 1.54) is 0 Å². The first kappa shape index (κ1) is 13.7. The molecule has 1 saturated heterocycles. The summed E-state index contributed by atoms with van der Waals surface area (Å²) in [6.45, 7) is 2.38. The third-order valence-electron chi connectivity index (χ3n) is 3.39. The maximum absolute atomic E-state index is 11.7. The molecule has 0 radical (unpaired) electrons. The molecule has 0 spiro atoms. The van der Waals surface area contributed by atoms with Crippen LogP contribution in [0, 0.1) is 5.92 Å². The number of amides is 1. The third-order valence-corrected chi connectivity index (χ3v) is 3.39. The summed E-state index contributed by atoms with van der Waals surface area (Å²) in [6, 6.07) is 0. The van der Waals surface area contributed by atoms with Crippen molar-refractivity contribution in [1.29, 1.82) is 0 Å². The zero-order valence-electron chi connectivity index (χ0n) is 11.5. The van der Waals surface area contributed by atoms with Gasteiger partial charge in [-0.25, -0.2) is 9.97 Å². The van der Waals surface area contributed by atoms with Gasteiger partial charge in [-0.2, -0.15) is 0 Å². The molecule has 1 amide bonds. The van der Waals surface area contributed by atoms with E-state index in [9.17, 15) is 4.79 Å². The Balaban J connectivity index is 2.02.